The molecule has 0 saturated heterocycles. The van der Waals surface area contributed by atoms with E-state index in [2.05, 4.69) is 5.32 Å². The van der Waals surface area contributed by atoms with Gasteiger partial charge in [0.1, 0.15) is 6.04 Å². The van der Waals surface area contributed by atoms with Crippen LogP contribution in [0.3, 0.4) is 0 Å². The molecule has 3 rings (SSSR count). The lowest BCUT2D eigenvalue weighted by Gasteiger charge is -2.36. The average molecular weight is 359 g/mol. The van der Waals surface area contributed by atoms with Gasteiger partial charge in [-0.3, -0.25) is 14.5 Å². The lowest BCUT2D eigenvalue weighted by atomic mass is 9.99. The Morgan fingerprint density at radius 1 is 1.20 bits per heavy atom. The molecule has 2 aromatic carbocycles. The molecule has 2 amide bonds. The molecule has 0 aromatic heterocycles. The summed E-state index contributed by atoms with van der Waals surface area (Å²) in [6.45, 7) is 1.70. The van der Waals surface area contributed by atoms with Crippen LogP contribution >= 0.6 is 0 Å². The molecule has 25 heavy (non-hydrogen) atoms. The first-order chi connectivity index (χ1) is 11.8. The van der Waals surface area contributed by atoms with Crippen LogP contribution in [0.5, 0.6) is 0 Å². The van der Waals surface area contributed by atoms with E-state index in [-0.39, 0.29) is 22.9 Å². The fraction of sp³-hybridized carbons (Fsp3) is 0.176. The number of fused-ring (bicyclic) bond motifs is 1. The molecule has 0 fully saturated rings. The Morgan fingerprint density at radius 3 is 2.48 bits per heavy atom. The maximum absolute atomic E-state index is 12.7. The highest BCUT2D eigenvalue weighted by Crippen LogP contribution is 2.39. The summed E-state index contributed by atoms with van der Waals surface area (Å²) in [5.41, 5.74) is 1.35. The molecule has 1 atom stereocenters. The molecule has 1 heterocycles. The number of primary sulfonamides is 1. The number of sulfonamides is 1. The van der Waals surface area contributed by atoms with Crippen LogP contribution < -0.4 is 15.4 Å². The minimum atomic E-state index is -3.92. The lowest BCUT2D eigenvalue weighted by Crippen LogP contribution is -2.45. The topological polar surface area (TPSA) is 110 Å². The van der Waals surface area contributed by atoms with Crippen LogP contribution in [0.25, 0.3) is 0 Å². The van der Waals surface area contributed by atoms with Gasteiger partial charge in [0.2, 0.25) is 15.9 Å². The van der Waals surface area contributed by atoms with Gasteiger partial charge in [0.25, 0.3) is 5.91 Å². The van der Waals surface area contributed by atoms with Crippen molar-refractivity contribution in [3.05, 3.63) is 54.1 Å². The zero-order valence-corrected chi connectivity index (χ0v) is 14.3. The number of nitrogens with zero attached hydrogens (tertiary/aromatic N) is 1. The Balaban J connectivity index is 2.17. The van der Waals surface area contributed by atoms with E-state index < -0.39 is 22.0 Å². The van der Waals surface area contributed by atoms with E-state index in [9.17, 15) is 18.0 Å². The van der Waals surface area contributed by atoms with Gasteiger partial charge in [0, 0.05) is 6.42 Å². The fourth-order valence-electron chi connectivity index (χ4n) is 2.84. The summed E-state index contributed by atoms with van der Waals surface area (Å²) in [5.74, 6) is -0.652. The summed E-state index contributed by atoms with van der Waals surface area (Å²) >= 11 is 0. The molecule has 1 aliphatic rings. The van der Waals surface area contributed by atoms with Crippen molar-refractivity contribution >= 4 is 33.2 Å². The molecule has 2 aromatic rings. The molecule has 0 bridgehead atoms. The van der Waals surface area contributed by atoms with E-state index in [0.717, 1.165) is 0 Å². The van der Waals surface area contributed by atoms with Crippen LogP contribution in [0.1, 0.15) is 24.9 Å². The van der Waals surface area contributed by atoms with Crippen LogP contribution in [0.4, 0.5) is 11.4 Å². The molecule has 8 heteroatoms. The minimum absolute atomic E-state index is 0.131. The molecule has 0 saturated carbocycles. The van der Waals surface area contributed by atoms with Gasteiger partial charge in [-0.15, -0.1) is 0 Å². The van der Waals surface area contributed by atoms with Crippen molar-refractivity contribution in [2.45, 2.75) is 24.3 Å². The highest BCUT2D eigenvalue weighted by molar-refractivity contribution is 7.89. The Hall–Kier alpha value is -2.71. The number of hydrogen-bond donors (Lipinski definition) is 2. The summed E-state index contributed by atoms with van der Waals surface area (Å²) in [7, 11) is -3.92. The van der Waals surface area contributed by atoms with Crippen molar-refractivity contribution in [2.24, 2.45) is 5.14 Å². The van der Waals surface area contributed by atoms with E-state index in [1.54, 1.807) is 31.2 Å². The number of benzene rings is 2. The van der Waals surface area contributed by atoms with Crippen molar-refractivity contribution in [3.8, 4) is 0 Å². The smallest absolute Gasteiger partial charge is 0.252 e. The number of nitrogens with one attached hydrogen (secondary N) is 1. The number of hydrogen-bond acceptors (Lipinski definition) is 4. The molecule has 0 spiro atoms. The molecule has 1 unspecified atom stereocenters. The zero-order chi connectivity index (χ0) is 18.2. The quantitative estimate of drug-likeness (QED) is 0.870. The van der Waals surface area contributed by atoms with Crippen molar-refractivity contribution in [1.82, 2.24) is 0 Å². The van der Waals surface area contributed by atoms with E-state index in [1.165, 1.54) is 23.1 Å². The summed E-state index contributed by atoms with van der Waals surface area (Å²) in [6, 6.07) is 12.2. The summed E-state index contributed by atoms with van der Waals surface area (Å²) in [5, 5.41) is 7.82. The second-order valence-electron chi connectivity index (χ2n) is 5.64. The van der Waals surface area contributed by atoms with E-state index >= 15 is 0 Å². The number of carbonyl (C=O) groups is 2. The van der Waals surface area contributed by atoms with Crippen LogP contribution in [0.2, 0.25) is 0 Å². The van der Waals surface area contributed by atoms with Crippen LogP contribution in [-0.2, 0) is 19.6 Å². The minimum Gasteiger partial charge on any atom is -0.322 e. The van der Waals surface area contributed by atoms with E-state index in [1.807, 2.05) is 6.07 Å². The average Bonchev–Trinajstić information content (AvgIpc) is 2.59. The van der Waals surface area contributed by atoms with Gasteiger partial charge in [-0.05, 0) is 23.8 Å². The van der Waals surface area contributed by atoms with Gasteiger partial charge in [0.15, 0.2) is 0 Å². The second-order valence-corrected chi connectivity index (χ2v) is 7.21. The van der Waals surface area contributed by atoms with Gasteiger partial charge in [-0.1, -0.05) is 37.3 Å². The normalized spacial score (nSPS) is 17.0. The summed E-state index contributed by atoms with van der Waals surface area (Å²) in [4.78, 5) is 26.5. The molecule has 0 aliphatic carbocycles. The SMILES string of the molecule is CCC(=O)N1c2ccc(S(N)(=O)=O)cc2NC(=O)C1c1ccccc1. The predicted octanol–water partition coefficient (Wildman–Crippen LogP) is 1.77. The first kappa shape index (κ1) is 17.1. The highest BCUT2D eigenvalue weighted by atomic mass is 32.2. The van der Waals surface area contributed by atoms with Gasteiger partial charge in [-0.25, -0.2) is 13.6 Å². The fourth-order valence-corrected chi connectivity index (χ4v) is 3.38. The van der Waals surface area contributed by atoms with Crippen LogP contribution in [0.15, 0.2) is 53.4 Å². The third-order valence-corrected chi connectivity index (χ3v) is 4.92. The Morgan fingerprint density at radius 2 is 1.88 bits per heavy atom. The molecule has 3 N–H and O–H groups in total. The number of nitrogens with two attached hydrogens (primary N) is 1. The highest BCUT2D eigenvalue weighted by Gasteiger charge is 2.37. The summed E-state index contributed by atoms with van der Waals surface area (Å²) in [6.07, 6.45) is 0.201. The zero-order valence-electron chi connectivity index (χ0n) is 13.5. The van der Waals surface area contributed by atoms with E-state index in [4.69, 9.17) is 5.14 Å². The molecule has 130 valence electrons. The molecule has 7 nitrogen and oxygen atoms in total. The largest absolute Gasteiger partial charge is 0.322 e. The molecule has 1 aliphatic heterocycles. The third kappa shape index (κ3) is 3.13. The van der Waals surface area contributed by atoms with Crippen molar-refractivity contribution in [1.29, 1.82) is 0 Å². The van der Waals surface area contributed by atoms with Gasteiger partial charge < -0.3 is 5.32 Å². The number of amides is 2. The number of rotatable bonds is 3. The Bertz CT molecular complexity index is 942. The maximum Gasteiger partial charge on any atom is 0.252 e. The number of anilines is 2. The maximum atomic E-state index is 12.7. The van der Waals surface area contributed by atoms with E-state index in [0.29, 0.717) is 11.3 Å². The molecular formula is C17H17N3O4S. The molecular weight excluding hydrogens is 342 g/mol. The standard InChI is InChI=1S/C17H17N3O4S/c1-2-15(21)20-14-9-8-12(25(18,23)24)10-13(14)19-17(22)16(20)11-6-4-3-5-7-11/h3-10,16H,2H2,1H3,(H,19,22)(H2,18,23,24). The first-order valence-electron chi connectivity index (χ1n) is 7.67. The summed E-state index contributed by atoms with van der Waals surface area (Å²) < 4.78 is 23.1. The predicted molar refractivity (Wildman–Crippen MR) is 93.4 cm³/mol. The second kappa shape index (κ2) is 6.30. The lowest BCUT2D eigenvalue weighted by molar-refractivity contribution is -0.124. The molecule has 0 radical (unpaired) electrons. The Labute approximate surface area is 145 Å². The van der Waals surface area contributed by atoms with Crippen molar-refractivity contribution in [2.75, 3.05) is 10.2 Å². The van der Waals surface area contributed by atoms with Gasteiger partial charge in [-0.2, -0.15) is 0 Å². The monoisotopic (exact) mass is 359 g/mol. The van der Waals surface area contributed by atoms with Crippen molar-refractivity contribution < 1.29 is 18.0 Å². The van der Waals surface area contributed by atoms with Gasteiger partial charge >= 0.3 is 0 Å². The first-order valence-corrected chi connectivity index (χ1v) is 9.22. The number of carbonyl (C=O) groups excluding carboxylic acids is 2. The van der Waals surface area contributed by atoms with Crippen LogP contribution in [0, 0.1) is 0 Å². The third-order valence-electron chi connectivity index (χ3n) is 4.01. The van der Waals surface area contributed by atoms with Crippen molar-refractivity contribution in [3.63, 3.8) is 0 Å². The van der Waals surface area contributed by atoms with Crippen LogP contribution in [-0.4, -0.2) is 20.2 Å². The van der Waals surface area contributed by atoms with Gasteiger partial charge in [0.05, 0.1) is 16.3 Å². The Kier molecular flexibility index (Phi) is 4.32.